The number of nitrogens with two attached hydrogens (primary N) is 1. The fourth-order valence-electron chi connectivity index (χ4n) is 2.72. The van der Waals surface area contributed by atoms with Crippen LogP contribution in [0, 0.1) is 6.92 Å². The second-order valence-electron chi connectivity index (χ2n) is 5.76. The summed E-state index contributed by atoms with van der Waals surface area (Å²) in [7, 11) is 0. The lowest BCUT2D eigenvalue weighted by Crippen LogP contribution is -2.02. The van der Waals surface area contributed by atoms with Crippen molar-refractivity contribution in [1.29, 1.82) is 0 Å². The average Bonchev–Trinajstić information content (AvgIpc) is 2.59. The first-order valence-electron chi connectivity index (χ1n) is 7.98. The van der Waals surface area contributed by atoms with Crippen molar-refractivity contribution in [3.05, 3.63) is 83.9 Å². The number of aryl methyl sites for hydroxylation is 1. The van der Waals surface area contributed by atoms with Gasteiger partial charge in [0.15, 0.2) is 0 Å². The SMILES string of the molecule is Cc1ccc(Nc2ccc(CCN)cc2)cc1-c1ccccc1. The smallest absolute Gasteiger partial charge is 0.0390 e. The molecular formula is C21H22N2. The molecule has 0 aromatic heterocycles. The Morgan fingerprint density at radius 3 is 2.22 bits per heavy atom. The highest BCUT2D eigenvalue weighted by molar-refractivity contribution is 5.73. The van der Waals surface area contributed by atoms with Gasteiger partial charge in [0.1, 0.15) is 0 Å². The minimum Gasteiger partial charge on any atom is -0.356 e. The minimum absolute atomic E-state index is 0.686. The molecule has 0 saturated heterocycles. The Hall–Kier alpha value is -2.58. The van der Waals surface area contributed by atoms with Crippen LogP contribution in [0.2, 0.25) is 0 Å². The summed E-state index contributed by atoms with van der Waals surface area (Å²) < 4.78 is 0. The van der Waals surface area contributed by atoms with E-state index in [0.29, 0.717) is 6.54 Å². The van der Waals surface area contributed by atoms with E-state index < -0.39 is 0 Å². The quantitative estimate of drug-likeness (QED) is 0.703. The number of hydrogen-bond donors (Lipinski definition) is 2. The van der Waals surface area contributed by atoms with Gasteiger partial charge >= 0.3 is 0 Å². The second-order valence-corrected chi connectivity index (χ2v) is 5.76. The first-order chi connectivity index (χ1) is 11.3. The number of anilines is 2. The summed E-state index contributed by atoms with van der Waals surface area (Å²) in [5, 5.41) is 3.48. The monoisotopic (exact) mass is 302 g/mol. The van der Waals surface area contributed by atoms with E-state index in [4.69, 9.17) is 5.73 Å². The van der Waals surface area contributed by atoms with Crippen molar-refractivity contribution >= 4 is 11.4 Å². The van der Waals surface area contributed by atoms with E-state index in [0.717, 1.165) is 17.8 Å². The van der Waals surface area contributed by atoms with Crippen LogP contribution in [0.4, 0.5) is 11.4 Å². The van der Waals surface area contributed by atoms with Gasteiger partial charge in [0.2, 0.25) is 0 Å². The number of rotatable bonds is 5. The van der Waals surface area contributed by atoms with Crippen molar-refractivity contribution in [2.24, 2.45) is 5.73 Å². The maximum Gasteiger partial charge on any atom is 0.0390 e. The Morgan fingerprint density at radius 1 is 0.826 bits per heavy atom. The van der Waals surface area contributed by atoms with Gasteiger partial charge in [0.25, 0.3) is 0 Å². The van der Waals surface area contributed by atoms with Crippen molar-refractivity contribution < 1.29 is 0 Å². The number of nitrogens with one attached hydrogen (secondary N) is 1. The summed E-state index contributed by atoms with van der Waals surface area (Å²) in [5.41, 5.74) is 12.8. The first-order valence-corrected chi connectivity index (χ1v) is 7.98. The second kappa shape index (κ2) is 7.12. The molecule has 23 heavy (non-hydrogen) atoms. The zero-order valence-corrected chi connectivity index (χ0v) is 13.4. The third-order valence-corrected chi connectivity index (χ3v) is 4.00. The Labute approximate surface area is 138 Å². The molecule has 2 nitrogen and oxygen atoms in total. The Morgan fingerprint density at radius 2 is 1.52 bits per heavy atom. The van der Waals surface area contributed by atoms with E-state index in [1.165, 1.54) is 22.3 Å². The van der Waals surface area contributed by atoms with Gasteiger partial charge in [-0.3, -0.25) is 0 Å². The van der Waals surface area contributed by atoms with E-state index in [1.807, 2.05) is 6.07 Å². The molecule has 0 unspecified atom stereocenters. The molecule has 0 aliphatic carbocycles. The van der Waals surface area contributed by atoms with Crippen LogP contribution in [0.5, 0.6) is 0 Å². The molecular weight excluding hydrogens is 280 g/mol. The lowest BCUT2D eigenvalue weighted by molar-refractivity contribution is 0.969. The molecule has 0 aliphatic heterocycles. The summed E-state index contributed by atoms with van der Waals surface area (Å²) in [5.74, 6) is 0. The molecule has 0 aliphatic rings. The summed E-state index contributed by atoms with van der Waals surface area (Å²) in [6, 6.07) is 25.4. The number of hydrogen-bond acceptors (Lipinski definition) is 2. The third kappa shape index (κ3) is 3.79. The van der Waals surface area contributed by atoms with E-state index >= 15 is 0 Å². The molecule has 0 atom stereocenters. The molecule has 0 spiro atoms. The lowest BCUT2D eigenvalue weighted by Gasteiger charge is -2.12. The standard InChI is InChI=1S/C21H22N2/c1-16-7-10-20(15-21(16)18-5-3-2-4-6-18)23-19-11-8-17(9-12-19)13-14-22/h2-12,15,23H,13-14,22H2,1H3. The van der Waals surface area contributed by atoms with Gasteiger partial charge < -0.3 is 11.1 Å². The highest BCUT2D eigenvalue weighted by Crippen LogP contribution is 2.28. The maximum absolute atomic E-state index is 5.59. The van der Waals surface area contributed by atoms with Crippen LogP contribution in [0.3, 0.4) is 0 Å². The van der Waals surface area contributed by atoms with Gasteiger partial charge in [0.05, 0.1) is 0 Å². The summed E-state index contributed by atoms with van der Waals surface area (Å²) in [6.07, 6.45) is 0.920. The highest BCUT2D eigenvalue weighted by atomic mass is 14.9. The Bertz CT molecular complexity index is 762. The predicted molar refractivity (Wildman–Crippen MR) is 99.1 cm³/mol. The van der Waals surface area contributed by atoms with E-state index in [2.05, 4.69) is 79.0 Å². The fraction of sp³-hybridized carbons (Fsp3) is 0.143. The molecule has 0 bridgehead atoms. The third-order valence-electron chi connectivity index (χ3n) is 4.00. The van der Waals surface area contributed by atoms with Crippen molar-refractivity contribution in [2.45, 2.75) is 13.3 Å². The molecule has 2 heteroatoms. The van der Waals surface area contributed by atoms with Crippen molar-refractivity contribution in [3.63, 3.8) is 0 Å². The van der Waals surface area contributed by atoms with Crippen LogP contribution in [0.25, 0.3) is 11.1 Å². The zero-order chi connectivity index (χ0) is 16.1. The molecule has 3 rings (SSSR count). The van der Waals surface area contributed by atoms with Gasteiger partial charge in [-0.2, -0.15) is 0 Å². The van der Waals surface area contributed by atoms with E-state index in [1.54, 1.807) is 0 Å². The van der Waals surface area contributed by atoms with Crippen molar-refractivity contribution in [3.8, 4) is 11.1 Å². The fourth-order valence-corrected chi connectivity index (χ4v) is 2.72. The Kier molecular flexibility index (Phi) is 4.74. The molecule has 3 aromatic carbocycles. The number of benzene rings is 3. The van der Waals surface area contributed by atoms with Crippen LogP contribution in [0.15, 0.2) is 72.8 Å². The molecule has 3 N–H and O–H groups in total. The molecule has 0 heterocycles. The molecule has 0 saturated carbocycles. The summed E-state index contributed by atoms with van der Waals surface area (Å²) in [6.45, 7) is 2.83. The summed E-state index contributed by atoms with van der Waals surface area (Å²) in [4.78, 5) is 0. The average molecular weight is 302 g/mol. The van der Waals surface area contributed by atoms with Crippen LogP contribution in [-0.2, 0) is 6.42 Å². The lowest BCUT2D eigenvalue weighted by atomic mass is 10.00. The van der Waals surface area contributed by atoms with E-state index in [-0.39, 0.29) is 0 Å². The van der Waals surface area contributed by atoms with Gasteiger partial charge in [-0.25, -0.2) is 0 Å². The largest absolute Gasteiger partial charge is 0.356 e. The normalized spacial score (nSPS) is 10.5. The van der Waals surface area contributed by atoms with Crippen molar-refractivity contribution in [2.75, 3.05) is 11.9 Å². The van der Waals surface area contributed by atoms with E-state index in [9.17, 15) is 0 Å². The molecule has 0 fully saturated rings. The van der Waals surface area contributed by atoms with Gasteiger partial charge in [-0.05, 0) is 66.4 Å². The molecule has 0 radical (unpaired) electrons. The topological polar surface area (TPSA) is 38.0 Å². The molecule has 3 aromatic rings. The highest BCUT2D eigenvalue weighted by Gasteiger charge is 2.03. The van der Waals surface area contributed by atoms with Crippen LogP contribution >= 0.6 is 0 Å². The predicted octanol–water partition coefficient (Wildman–Crippen LogP) is 4.91. The van der Waals surface area contributed by atoms with Crippen LogP contribution in [0.1, 0.15) is 11.1 Å². The summed E-state index contributed by atoms with van der Waals surface area (Å²) >= 11 is 0. The van der Waals surface area contributed by atoms with Crippen LogP contribution in [-0.4, -0.2) is 6.54 Å². The van der Waals surface area contributed by atoms with Crippen LogP contribution < -0.4 is 11.1 Å². The molecule has 0 amide bonds. The molecule has 116 valence electrons. The van der Waals surface area contributed by atoms with Gasteiger partial charge in [0, 0.05) is 11.4 Å². The Balaban J connectivity index is 1.83. The van der Waals surface area contributed by atoms with Crippen molar-refractivity contribution in [1.82, 2.24) is 0 Å². The van der Waals surface area contributed by atoms with Gasteiger partial charge in [-0.15, -0.1) is 0 Å². The first kappa shape index (κ1) is 15.3. The maximum atomic E-state index is 5.59. The van der Waals surface area contributed by atoms with Gasteiger partial charge in [-0.1, -0.05) is 48.5 Å². The zero-order valence-electron chi connectivity index (χ0n) is 13.4. The minimum atomic E-state index is 0.686.